The fourth-order valence-electron chi connectivity index (χ4n) is 4.28. The summed E-state index contributed by atoms with van der Waals surface area (Å²) in [6, 6.07) is 9.03. The van der Waals surface area contributed by atoms with Crippen LogP contribution in [0.4, 0.5) is 0 Å². The van der Waals surface area contributed by atoms with E-state index < -0.39 is 13.8 Å². The standard InChI is InChI=1S/C29H51O5P/c1-2-3-4-5-6-7-8-9-10-11-12-13-14-15-16-17-18-19-23-26-29(30)34-35(31,32)33-27-28-24-21-20-22-25-28/h20-22,24-25H,2-19,23,26-27H2,1H3,(H,31,32). The minimum atomic E-state index is -4.36. The first kappa shape index (κ1) is 31.9. The van der Waals surface area contributed by atoms with Gasteiger partial charge in [0.1, 0.15) is 0 Å². The van der Waals surface area contributed by atoms with Gasteiger partial charge >= 0.3 is 13.8 Å². The monoisotopic (exact) mass is 510 g/mol. The maximum Gasteiger partial charge on any atom is 0.529 e. The van der Waals surface area contributed by atoms with Crippen molar-refractivity contribution in [3.63, 3.8) is 0 Å². The van der Waals surface area contributed by atoms with E-state index in [1.54, 1.807) is 12.1 Å². The second-order valence-corrected chi connectivity index (χ2v) is 11.2. The van der Waals surface area contributed by atoms with E-state index >= 15 is 0 Å². The van der Waals surface area contributed by atoms with Crippen molar-refractivity contribution in [2.45, 2.75) is 142 Å². The van der Waals surface area contributed by atoms with E-state index in [2.05, 4.69) is 11.4 Å². The van der Waals surface area contributed by atoms with E-state index in [1.807, 2.05) is 18.2 Å². The fraction of sp³-hybridized carbons (Fsp3) is 0.759. The first-order valence-electron chi connectivity index (χ1n) is 14.3. The van der Waals surface area contributed by atoms with E-state index in [4.69, 9.17) is 4.52 Å². The number of rotatable bonds is 24. The molecule has 0 radical (unpaired) electrons. The van der Waals surface area contributed by atoms with Crippen LogP contribution in [-0.2, 0) is 25.0 Å². The van der Waals surface area contributed by atoms with Crippen molar-refractivity contribution in [1.29, 1.82) is 0 Å². The highest BCUT2D eigenvalue weighted by atomic mass is 31.2. The molecule has 0 aromatic heterocycles. The van der Waals surface area contributed by atoms with Crippen molar-refractivity contribution < 1.29 is 23.3 Å². The van der Waals surface area contributed by atoms with Crippen LogP contribution in [0.5, 0.6) is 0 Å². The molecule has 1 rings (SSSR count). The maximum atomic E-state index is 11.9. The van der Waals surface area contributed by atoms with Crippen molar-refractivity contribution in [3.05, 3.63) is 35.9 Å². The lowest BCUT2D eigenvalue weighted by atomic mass is 10.0. The Morgan fingerprint density at radius 3 is 1.51 bits per heavy atom. The van der Waals surface area contributed by atoms with Crippen LogP contribution in [0, 0.1) is 0 Å². The summed E-state index contributed by atoms with van der Waals surface area (Å²) in [4.78, 5) is 21.5. The van der Waals surface area contributed by atoms with Crippen molar-refractivity contribution in [3.8, 4) is 0 Å². The molecule has 0 spiro atoms. The summed E-state index contributed by atoms with van der Waals surface area (Å²) in [5, 5.41) is 0. The lowest BCUT2D eigenvalue weighted by Gasteiger charge is -2.11. The molecule has 0 aliphatic heterocycles. The molecule has 1 aromatic rings. The van der Waals surface area contributed by atoms with Crippen molar-refractivity contribution >= 4 is 13.8 Å². The molecule has 1 N–H and O–H groups in total. The Morgan fingerprint density at radius 1 is 0.686 bits per heavy atom. The van der Waals surface area contributed by atoms with Crippen molar-refractivity contribution in [1.82, 2.24) is 0 Å². The molecule has 0 heterocycles. The Hall–Kier alpha value is -1.16. The van der Waals surface area contributed by atoms with Gasteiger partial charge in [-0.2, -0.15) is 0 Å². The summed E-state index contributed by atoms with van der Waals surface area (Å²) in [5.41, 5.74) is 0.747. The van der Waals surface area contributed by atoms with Crippen LogP contribution in [-0.4, -0.2) is 10.9 Å². The van der Waals surface area contributed by atoms with Gasteiger partial charge in [0.05, 0.1) is 6.61 Å². The number of unbranched alkanes of at least 4 members (excludes halogenated alkanes) is 18. The first-order valence-corrected chi connectivity index (χ1v) is 15.8. The highest BCUT2D eigenvalue weighted by molar-refractivity contribution is 7.48. The largest absolute Gasteiger partial charge is 0.529 e. The van der Waals surface area contributed by atoms with Gasteiger partial charge in [-0.1, -0.05) is 153 Å². The molecule has 0 amide bonds. The Balaban J connectivity index is 1.83. The molecular weight excluding hydrogens is 459 g/mol. The van der Waals surface area contributed by atoms with Gasteiger partial charge in [-0.05, 0) is 12.0 Å². The highest BCUT2D eigenvalue weighted by Crippen LogP contribution is 2.44. The van der Waals surface area contributed by atoms with E-state index in [9.17, 15) is 14.3 Å². The number of carbonyl (C=O) groups is 1. The minimum Gasteiger partial charge on any atom is -0.371 e. The van der Waals surface area contributed by atoms with E-state index in [1.165, 1.54) is 103 Å². The molecule has 1 aromatic carbocycles. The highest BCUT2D eigenvalue weighted by Gasteiger charge is 2.25. The van der Waals surface area contributed by atoms with Gasteiger partial charge in [-0.15, -0.1) is 0 Å². The molecule has 5 nitrogen and oxygen atoms in total. The molecule has 202 valence electrons. The summed E-state index contributed by atoms with van der Waals surface area (Å²) < 4.78 is 21.4. The predicted molar refractivity (Wildman–Crippen MR) is 145 cm³/mol. The summed E-state index contributed by atoms with van der Waals surface area (Å²) in [5.74, 6) is -0.670. The number of phosphoric acid groups is 1. The topological polar surface area (TPSA) is 72.8 Å². The summed E-state index contributed by atoms with van der Waals surface area (Å²) in [7, 11) is -4.36. The average Bonchev–Trinajstić information content (AvgIpc) is 2.84. The Labute approximate surface area is 215 Å². The van der Waals surface area contributed by atoms with Crippen LogP contribution in [0.3, 0.4) is 0 Å². The number of hydrogen-bond acceptors (Lipinski definition) is 4. The van der Waals surface area contributed by atoms with Crippen LogP contribution in [0.25, 0.3) is 0 Å². The molecule has 1 atom stereocenters. The molecule has 0 bridgehead atoms. The van der Waals surface area contributed by atoms with Gasteiger partial charge in [-0.3, -0.25) is 14.2 Å². The van der Waals surface area contributed by atoms with Crippen molar-refractivity contribution in [2.75, 3.05) is 0 Å². The number of hydrogen-bond donors (Lipinski definition) is 1. The maximum absolute atomic E-state index is 11.9. The van der Waals surface area contributed by atoms with Crippen LogP contribution >= 0.6 is 7.82 Å². The second kappa shape index (κ2) is 22.1. The zero-order valence-corrected chi connectivity index (χ0v) is 23.2. The molecular formula is C29H51O5P. The lowest BCUT2D eigenvalue weighted by molar-refractivity contribution is -0.136. The molecule has 0 aliphatic rings. The summed E-state index contributed by atoms with van der Waals surface area (Å²) >= 11 is 0. The molecule has 0 saturated heterocycles. The fourth-order valence-corrected chi connectivity index (χ4v) is 4.99. The molecule has 1 unspecified atom stereocenters. The minimum absolute atomic E-state index is 0.0683. The SMILES string of the molecule is CCCCCCCCCCCCCCCCCCCCCC(=O)OP(=O)(O)OCc1ccccc1. The van der Waals surface area contributed by atoms with Gasteiger partial charge in [0.2, 0.25) is 0 Å². The third-order valence-electron chi connectivity index (χ3n) is 6.44. The Bertz CT molecular complexity index is 664. The lowest BCUT2D eigenvalue weighted by Crippen LogP contribution is -2.04. The average molecular weight is 511 g/mol. The third kappa shape index (κ3) is 20.7. The number of carbonyl (C=O) groups excluding carboxylic acids is 1. The van der Waals surface area contributed by atoms with Crippen LogP contribution in [0.2, 0.25) is 0 Å². The first-order chi connectivity index (χ1) is 17.0. The quantitative estimate of drug-likeness (QED) is 0.111. The molecule has 35 heavy (non-hydrogen) atoms. The molecule has 0 aliphatic carbocycles. The predicted octanol–water partition coefficient (Wildman–Crippen LogP) is 9.67. The normalized spacial score (nSPS) is 13.0. The van der Waals surface area contributed by atoms with Gasteiger partial charge in [0.15, 0.2) is 0 Å². The van der Waals surface area contributed by atoms with Crippen LogP contribution in [0.15, 0.2) is 30.3 Å². The Morgan fingerprint density at radius 2 is 1.09 bits per heavy atom. The van der Waals surface area contributed by atoms with Crippen molar-refractivity contribution in [2.24, 2.45) is 0 Å². The zero-order valence-electron chi connectivity index (χ0n) is 22.3. The van der Waals surface area contributed by atoms with E-state index in [0.717, 1.165) is 18.4 Å². The Kier molecular flexibility index (Phi) is 20.1. The zero-order chi connectivity index (χ0) is 25.5. The smallest absolute Gasteiger partial charge is 0.371 e. The molecule has 6 heteroatoms. The summed E-state index contributed by atoms with van der Waals surface area (Å²) in [6.45, 7) is 2.21. The van der Waals surface area contributed by atoms with Gasteiger partial charge in [0, 0.05) is 6.42 Å². The van der Waals surface area contributed by atoms with Gasteiger partial charge < -0.3 is 4.52 Å². The molecule has 0 fully saturated rings. The van der Waals surface area contributed by atoms with E-state index in [0.29, 0.717) is 6.42 Å². The van der Waals surface area contributed by atoms with Gasteiger partial charge in [0.25, 0.3) is 0 Å². The van der Waals surface area contributed by atoms with Crippen LogP contribution < -0.4 is 0 Å². The third-order valence-corrected chi connectivity index (χ3v) is 7.33. The molecule has 0 saturated carbocycles. The number of phosphoric ester groups is 1. The second-order valence-electron chi connectivity index (χ2n) is 9.80. The summed E-state index contributed by atoms with van der Waals surface area (Å²) in [6.07, 6.45) is 24.7. The number of benzene rings is 1. The van der Waals surface area contributed by atoms with E-state index in [-0.39, 0.29) is 13.0 Å². The van der Waals surface area contributed by atoms with Crippen LogP contribution in [0.1, 0.15) is 141 Å². The van der Waals surface area contributed by atoms with Gasteiger partial charge in [-0.25, -0.2) is 4.57 Å².